The Balaban J connectivity index is 0. The third-order valence-corrected chi connectivity index (χ3v) is 3.60. The van der Waals surface area contributed by atoms with Crippen molar-refractivity contribution in [2.75, 3.05) is 0 Å². The van der Waals surface area contributed by atoms with Crippen molar-refractivity contribution in [1.82, 2.24) is 0 Å². The minimum atomic E-state index is -0.701. The van der Waals surface area contributed by atoms with Gasteiger partial charge in [-0.2, -0.15) is 84.3 Å². The van der Waals surface area contributed by atoms with Gasteiger partial charge >= 0.3 is 53.3 Å². The quantitative estimate of drug-likeness (QED) is 0.340. The van der Waals surface area contributed by atoms with Crippen molar-refractivity contribution in [2.24, 2.45) is 5.96 Å². The number of hydrogen-bond acceptors (Lipinski definition) is 2. The zero-order chi connectivity index (χ0) is 9.98. The molecule has 0 spiro atoms. The zero-order valence-corrected chi connectivity index (χ0v) is 20.4. The molecule has 12 heteroatoms. The Morgan fingerprint density at radius 1 is 0.667 bits per heavy atom. The third kappa shape index (κ3) is 36.5. The summed E-state index contributed by atoms with van der Waals surface area (Å²) < 4.78 is 7.75. The Kier molecular flexibility index (Phi) is 24.6. The summed E-state index contributed by atoms with van der Waals surface area (Å²) in [6, 6.07) is 0. The van der Waals surface area contributed by atoms with E-state index in [2.05, 4.69) is 90.3 Å². The van der Waals surface area contributed by atoms with E-state index in [1.807, 2.05) is 0 Å². The molecule has 0 aliphatic carbocycles. The van der Waals surface area contributed by atoms with Crippen molar-refractivity contribution in [2.45, 2.75) is 0 Å². The summed E-state index contributed by atoms with van der Waals surface area (Å²) in [4.78, 5) is 0. The van der Waals surface area contributed by atoms with E-state index < -0.39 is 17.3 Å². The van der Waals surface area contributed by atoms with Crippen LogP contribution in [0.4, 0.5) is 0 Å². The molecule has 2 nitrogen and oxygen atoms in total. The van der Waals surface area contributed by atoms with Crippen LogP contribution in [-0.4, -0.2) is 47.3 Å². The molecule has 0 bridgehead atoms. The van der Waals surface area contributed by atoms with Crippen LogP contribution in [0.25, 0.3) is 0 Å². The molecule has 0 fully saturated rings. The summed E-state index contributed by atoms with van der Waals surface area (Å²) in [5, 5.41) is 0. The summed E-state index contributed by atoms with van der Waals surface area (Å²) >= 11 is 20.2. The fourth-order valence-electron chi connectivity index (χ4n) is 0.0333. The molecule has 0 N–H and O–H groups in total. The monoisotopic (exact) mass is 715 g/mol. The molecule has 0 radical (unpaired) electrons. The molecule has 0 atom stereocenters. The standard InChI is InChI=1S/2Al.6BrH.N2Se2/c;;;;;;;;1-3-2-4-1/h;;6*1H;/q2*+3;;;;;;;+2/p-6. The predicted molar refractivity (Wildman–Crippen MR) is 81.4 cm³/mol. The smallest absolute Gasteiger partial charge is 0.181 e. The minimum Gasteiger partial charge on any atom is -0.181 e. The maximum atomic E-state index is 3.88. The zero-order valence-electron chi connectivity index (χ0n) is 5.13. The van der Waals surface area contributed by atoms with E-state index in [1.54, 1.807) is 0 Å². The number of rotatable bonds is 0. The van der Waals surface area contributed by atoms with Crippen LogP contribution in [-0.2, 0) is 0 Å². The molecule has 0 aromatic carbocycles. The molecule has 68 valence electrons. The Hall–Kier alpha value is 4.58. The summed E-state index contributed by atoms with van der Waals surface area (Å²) in [6.45, 7) is 0. The molecule has 0 unspecified atom stereocenters. The van der Waals surface area contributed by atoms with E-state index in [1.165, 1.54) is 0 Å². The molecule has 1 aliphatic heterocycles. The first-order valence-electron chi connectivity index (χ1n) is 2.04. The molecule has 12 heavy (non-hydrogen) atoms. The fourth-order valence-corrected chi connectivity index (χ4v) is 0.900. The van der Waals surface area contributed by atoms with Gasteiger partial charge in [-0.05, 0) is 0 Å². The topological polar surface area (TPSA) is 24.7 Å². The molecule has 0 aromatic rings. The maximum absolute atomic E-state index is 3.88. The first-order chi connectivity index (χ1) is 5.46. The van der Waals surface area contributed by atoms with Crippen molar-refractivity contribution in [1.29, 1.82) is 0 Å². The van der Waals surface area contributed by atoms with Gasteiger partial charge in [0.1, 0.15) is 0 Å². The average Bonchev–Trinajstić information content (AvgIpc) is 1.50. The van der Waals surface area contributed by atoms with Crippen molar-refractivity contribution >= 4 is 132 Å². The molecule has 1 aliphatic rings. The SMILES string of the molecule is N1=[Se+]N=[Se+]1.[Br][Al]([Br])[Br].[Br][Al]([Br])[Br]. The molecular formula is Al2Br6N2Se2+2. The first-order valence-corrected chi connectivity index (χ1v) is 24.2. The Labute approximate surface area is 134 Å². The maximum Gasteiger partial charge on any atom is 0.542 e. The van der Waals surface area contributed by atoms with E-state index >= 15 is 0 Å². The summed E-state index contributed by atoms with van der Waals surface area (Å²) in [6.07, 6.45) is 0. The first kappa shape index (κ1) is 18.9. The van der Waals surface area contributed by atoms with E-state index in [-0.39, 0.29) is 0 Å². The van der Waals surface area contributed by atoms with Crippen LogP contribution in [0.1, 0.15) is 0 Å². The van der Waals surface area contributed by atoms with Crippen molar-refractivity contribution in [3.8, 4) is 0 Å². The molecule has 0 aromatic heterocycles. The molecule has 1 heterocycles. The van der Waals surface area contributed by atoms with Gasteiger partial charge < -0.3 is 0 Å². The van der Waals surface area contributed by atoms with Gasteiger partial charge in [-0.15, -0.1) is 0 Å². The van der Waals surface area contributed by atoms with Gasteiger partial charge in [-0.25, -0.2) is 0 Å². The van der Waals surface area contributed by atoms with Gasteiger partial charge in [0.15, 0.2) is 0 Å². The van der Waals surface area contributed by atoms with E-state index in [0.29, 0.717) is 30.0 Å². The number of nitrogens with zero attached hydrogens (tertiary/aromatic N) is 2. The number of halogens is 6. The Bertz CT molecular complexity index is 108. The van der Waals surface area contributed by atoms with Crippen LogP contribution in [0.3, 0.4) is 0 Å². The second kappa shape index (κ2) is 15.6. The molecular weight excluding hydrogens is 719 g/mol. The van der Waals surface area contributed by atoms with Crippen LogP contribution in [0.15, 0.2) is 5.96 Å². The van der Waals surface area contributed by atoms with Crippen LogP contribution >= 0.6 is 84.3 Å². The van der Waals surface area contributed by atoms with Gasteiger partial charge in [0, 0.05) is 0 Å². The van der Waals surface area contributed by atoms with Crippen LogP contribution in [0.2, 0.25) is 0 Å². The van der Waals surface area contributed by atoms with Crippen molar-refractivity contribution in [3.63, 3.8) is 0 Å². The molecule has 1 rings (SSSR count). The second-order valence-corrected chi connectivity index (χ2v) is 45.0. The van der Waals surface area contributed by atoms with Crippen molar-refractivity contribution < 1.29 is 0 Å². The van der Waals surface area contributed by atoms with Gasteiger partial charge in [0.25, 0.3) is 0 Å². The molecule has 0 amide bonds. The second-order valence-electron chi connectivity index (χ2n) is 0.807. The van der Waals surface area contributed by atoms with E-state index in [4.69, 9.17) is 0 Å². The largest absolute Gasteiger partial charge is 0.542 e. The van der Waals surface area contributed by atoms with E-state index in [9.17, 15) is 0 Å². The van der Waals surface area contributed by atoms with Crippen molar-refractivity contribution in [3.05, 3.63) is 0 Å². The van der Waals surface area contributed by atoms with Crippen LogP contribution < -0.4 is 0 Å². The Morgan fingerprint density at radius 3 is 0.750 bits per heavy atom. The predicted octanol–water partition coefficient (Wildman–Crippen LogP) is 3.92. The summed E-state index contributed by atoms with van der Waals surface area (Å²) in [5.41, 5.74) is 0. The Morgan fingerprint density at radius 2 is 0.750 bits per heavy atom. The van der Waals surface area contributed by atoms with Gasteiger partial charge in [-0.3, -0.25) is 0 Å². The average molecular weight is 719 g/mol. The molecule has 0 saturated carbocycles. The minimum absolute atomic E-state index is 0.375. The van der Waals surface area contributed by atoms with Gasteiger partial charge in [0.05, 0.1) is 0 Å². The normalized spacial score (nSPS) is 9.83. The van der Waals surface area contributed by atoms with Crippen LogP contribution in [0, 0.1) is 0 Å². The van der Waals surface area contributed by atoms with Crippen LogP contribution in [0.5, 0.6) is 0 Å². The molecule has 0 saturated heterocycles. The van der Waals surface area contributed by atoms with Gasteiger partial charge in [-0.1, -0.05) is 0 Å². The fraction of sp³-hybridized carbons (Fsp3) is 0. The number of hydrogen-bond donors (Lipinski definition) is 0. The van der Waals surface area contributed by atoms with Gasteiger partial charge in [0.2, 0.25) is 0 Å². The summed E-state index contributed by atoms with van der Waals surface area (Å²) in [5.74, 6) is 0. The third-order valence-electron chi connectivity index (χ3n) is 0.133. The summed E-state index contributed by atoms with van der Waals surface area (Å²) in [7, 11) is -1.40. The van der Waals surface area contributed by atoms with E-state index in [0.717, 1.165) is 0 Å².